The quantitative estimate of drug-likeness (QED) is 0.827. The minimum atomic E-state index is -0.175. The summed E-state index contributed by atoms with van der Waals surface area (Å²) in [7, 11) is 0. The van der Waals surface area contributed by atoms with Crippen LogP contribution in [0.25, 0.3) is 0 Å². The van der Waals surface area contributed by atoms with E-state index >= 15 is 0 Å². The molecule has 1 amide bonds. The van der Waals surface area contributed by atoms with Crippen molar-refractivity contribution in [2.24, 2.45) is 5.41 Å². The molecule has 5 heteroatoms. The first-order chi connectivity index (χ1) is 8.09. The van der Waals surface area contributed by atoms with E-state index in [2.05, 4.69) is 22.4 Å². The molecule has 5 nitrogen and oxygen atoms in total. The van der Waals surface area contributed by atoms with Gasteiger partial charge < -0.3 is 11.1 Å². The summed E-state index contributed by atoms with van der Waals surface area (Å²) in [5.41, 5.74) is 5.98. The summed E-state index contributed by atoms with van der Waals surface area (Å²) in [6, 6.07) is 3.17. The SMILES string of the molecule is CC1(CNC(=O)c2ccc(N)nn2)CCCC1. The molecule has 1 fully saturated rings. The second-order valence-electron chi connectivity index (χ2n) is 5.04. The standard InChI is InChI=1S/C12H18N4O/c1-12(6-2-3-7-12)8-14-11(17)9-4-5-10(13)16-15-9/h4-5H,2-3,6-8H2,1H3,(H2,13,16)(H,14,17). The Balaban J connectivity index is 1.91. The highest BCUT2D eigenvalue weighted by Crippen LogP contribution is 2.36. The van der Waals surface area contributed by atoms with Crippen molar-refractivity contribution in [2.75, 3.05) is 12.3 Å². The number of carbonyl (C=O) groups excluding carboxylic acids is 1. The average Bonchev–Trinajstić information content (AvgIpc) is 2.75. The summed E-state index contributed by atoms with van der Waals surface area (Å²) in [6.07, 6.45) is 4.88. The molecule has 0 atom stereocenters. The number of anilines is 1. The summed E-state index contributed by atoms with van der Waals surface area (Å²) < 4.78 is 0. The maximum absolute atomic E-state index is 11.8. The van der Waals surface area contributed by atoms with Crippen molar-refractivity contribution in [1.29, 1.82) is 0 Å². The third-order valence-corrected chi connectivity index (χ3v) is 3.40. The highest BCUT2D eigenvalue weighted by Gasteiger charge is 2.29. The van der Waals surface area contributed by atoms with Gasteiger partial charge in [-0.25, -0.2) is 0 Å². The molecule has 17 heavy (non-hydrogen) atoms. The molecule has 0 bridgehead atoms. The second-order valence-corrected chi connectivity index (χ2v) is 5.04. The van der Waals surface area contributed by atoms with Crippen molar-refractivity contribution in [1.82, 2.24) is 15.5 Å². The van der Waals surface area contributed by atoms with Crippen LogP contribution in [0.5, 0.6) is 0 Å². The van der Waals surface area contributed by atoms with Crippen LogP contribution in [0.15, 0.2) is 12.1 Å². The first-order valence-corrected chi connectivity index (χ1v) is 5.96. The van der Waals surface area contributed by atoms with Gasteiger partial charge in [0.05, 0.1) is 0 Å². The lowest BCUT2D eigenvalue weighted by Crippen LogP contribution is -2.34. The number of hydrogen-bond acceptors (Lipinski definition) is 4. The molecule has 3 N–H and O–H groups in total. The van der Waals surface area contributed by atoms with Crippen LogP contribution in [0.3, 0.4) is 0 Å². The van der Waals surface area contributed by atoms with Gasteiger partial charge in [-0.3, -0.25) is 4.79 Å². The van der Waals surface area contributed by atoms with Gasteiger partial charge in [0.15, 0.2) is 5.69 Å². The molecule has 1 saturated carbocycles. The highest BCUT2D eigenvalue weighted by atomic mass is 16.1. The molecule has 0 aliphatic heterocycles. The lowest BCUT2D eigenvalue weighted by atomic mass is 9.89. The Morgan fingerprint density at radius 1 is 1.41 bits per heavy atom. The largest absolute Gasteiger partial charge is 0.382 e. The fourth-order valence-electron chi connectivity index (χ4n) is 2.25. The van der Waals surface area contributed by atoms with Crippen molar-refractivity contribution in [3.05, 3.63) is 17.8 Å². The van der Waals surface area contributed by atoms with Gasteiger partial charge in [0.2, 0.25) is 0 Å². The molecule has 0 spiro atoms. The van der Waals surface area contributed by atoms with Crippen molar-refractivity contribution in [3.63, 3.8) is 0 Å². The average molecular weight is 234 g/mol. The number of hydrogen-bond donors (Lipinski definition) is 2. The highest BCUT2D eigenvalue weighted by molar-refractivity contribution is 5.92. The predicted molar refractivity (Wildman–Crippen MR) is 65.4 cm³/mol. The van der Waals surface area contributed by atoms with Crippen LogP contribution in [0, 0.1) is 5.41 Å². The van der Waals surface area contributed by atoms with Crippen LogP contribution in [-0.2, 0) is 0 Å². The van der Waals surface area contributed by atoms with E-state index in [4.69, 9.17) is 5.73 Å². The summed E-state index contributed by atoms with van der Waals surface area (Å²) in [5, 5.41) is 10.3. The van der Waals surface area contributed by atoms with Crippen LogP contribution in [0.4, 0.5) is 5.82 Å². The van der Waals surface area contributed by atoms with E-state index in [0.29, 0.717) is 18.1 Å². The zero-order valence-electron chi connectivity index (χ0n) is 10.1. The van der Waals surface area contributed by atoms with Gasteiger partial charge in [-0.1, -0.05) is 19.8 Å². The lowest BCUT2D eigenvalue weighted by molar-refractivity contribution is 0.0928. The van der Waals surface area contributed by atoms with E-state index in [1.807, 2.05) is 0 Å². The molecule has 1 heterocycles. The minimum absolute atomic E-state index is 0.175. The maximum Gasteiger partial charge on any atom is 0.271 e. The summed E-state index contributed by atoms with van der Waals surface area (Å²) >= 11 is 0. The van der Waals surface area contributed by atoms with Crippen LogP contribution >= 0.6 is 0 Å². The van der Waals surface area contributed by atoms with E-state index in [-0.39, 0.29) is 11.3 Å². The molecule has 0 unspecified atom stereocenters. The molecule has 0 aromatic carbocycles. The second kappa shape index (κ2) is 4.69. The van der Waals surface area contributed by atoms with E-state index in [1.54, 1.807) is 12.1 Å². The summed E-state index contributed by atoms with van der Waals surface area (Å²) in [6.45, 7) is 2.92. The predicted octanol–water partition coefficient (Wildman–Crippen LogP) is 1.37. The first kappa shape index (κ1) is 11.8. The third-order valence-electron chi connectivity index (χ3n) is 3.40. The van der Waals surface area contributed by atoms with Gasteiger partial charge in [-0.2, -0.15) is 0 Å². The normalized spacial score (nSPS) is 17.9. The molecule has 92 valence electrons. The number of nitrogens with zero attached hydrogens (tertiary/aromatic N) is 2. The van der Waals surface area contributed by atoms with Gasteiger partial charge in [0, 0.05) is 6.54 Å². The monoisotopic (exact) mass is 234 g/mol. The Morgan fingerprint density at radius 3 is 2.71 bits per heavy atom. The molecule has 1 aliphatic rings. The van der Waals surface area contributed by atoms with E-state index in [0.717, 1.165) is 0 Å². The molecular weight excluding hydrogens is 216 g/mol. The first-order valence-electron chi connectivity index (χ1n) is 5.96. The Kier molecular flexibility index (Phi) is 3.26. The molecular formula is C12H18N4O. The Hall–Kier alpha value is -1.65. The molecule has 2 rings (SSSR count). The van der Waals surface area contributed by atoms with Crippen LogP contribution in [-0.4, -0.2) is 22.6 Å². The number of nitrogens with one attached hydrogen (secondary N) is 1. The molecule has 1 aromatic heterocycles. The van der Waals surface area contributed by atoms with E-state index in [1.165, 1.54) is 25.7 Å². The number of amides is 1. The summed E-state index contributed by atoms with van der Waals surface area (Å²) in [4.78, 5) is 11.8. The number of nitrogens with two attached hydrogens (primary N) is 1. The zero-order chi connectivity index (χ0) is 12.3. The van der Waals surface area contributed by atoms with Crippen molar-refractivity contribution in [3.8, 4) is 0 Å². The van der Waals surface area contributed by atoms with Crippen LogP contribution in [0.2, 0.25) is 0 Å². The van der Waals surface area contributed by atoms with Crippen molar-refractivity contribution >= 4 is 11.7 Å². The van der Waals surface area contributed by atoms with Gasteiger partial charge in [0.25, 0.3) is 5.91 Å². The molecule has 0 radical (unpaired) electrons. The molecule has 1 aromatic rings. The van der Waals surface area contributed by atoms with Gasteiger partial charge in [-0.15, -0.1) is 10.2 Å². The third kappa shape index (κ3) is 2.93. The van der Waals surface area contributed by atoms with Crippen molar-refractivity contribution < 1.29 is 4.79 Å². The minimum Gasteiger partial charge on any atom is -0.382 e. The Bertz CT molecular complexity index is 395. The maximum atomic E-state index is 11.8. The van der Waals surface area contributed by atoms with Gasteiger partial charge in [-0.05, 0) is 30.4 Å². The smallest absolute Gasteiger partial charge is 0.271 e. The number of nitrogen functional groups attached to an aromatic ring is 1. The van der Waals surface area contributed by atoms with E-state index in [9.17, 15) is 4.79 Å². The Labute approximate surface area is 101 Å². The zero-order valence-corrected chi connectivity index (χ0v) is 10.1. The Morgan fingerprint density at radius 2 is 2.12 bits per heavy atom. The number of carbonyl (C=O) groups is 1. The summed E-state index contributed by atoms with van der Waals surface area (Å²) in [5.74, 6) is 0.148. The number of aromatic nitrogens is 2. The van der Waals surface area contributed by atoms with Gasteiger partial charge >= 0.3 is 0 Å². The lowest BCUT2D eigenvalue weighted by Gasteiger charge is -2.23. The fraction of sp³-hybridized carbons (Fsp3) is 0.583. The number of rotatable bonds is 3. The van der Waals surface area contributed by atoms with Crippen LogP contribution < -0.4 is 11.1 Å². The van der Waals surface area contributed by atoms with Crippen LogP contribution in [0.1, 0.15) is 43.1 Å². The van der Waals surface area contributed by atoms with E-state index < -0.39 is 0 Å². The molecule has 0 saturated heterocycles. The molecule has 1 aliphatic carbocycles. The van der Waals surface area contributed by atoms with Gasteiger partial charge in [0.1, 0.15) is 5.82 Å². The topological polar surface area (TPSA) is 80.9 Å². The fourth-order valence-corrected chi connectivity index (χ4v) is 2.25. The van der Waals surface area contributed by atoms with Crippen molar-refractivity contribution in [2.45, 2.75) is 32.6 Å².